The highest BCUT2D eigenvalue weighted by Gasteiger charge is 2.21. The molecule has 0 aliphatic carbocycles. The number of nitrogens with two attached hydrogens (primary N) is 1. The zero-order valence-electron chi connectivity index (χ0n) is 14.9. The molecule has 1 saturated heterocycles. The molecule has 1 aliphatic rings. The Kier molecular flexibility index (Phi) is 7.69. The summed E-state index contributed by atoms with van der Waals surface area (Å²) < 4.78 is 5.74. The van der Waals surface area contributed by atoms with Crippen molar-refractivity contribution < 1.29 is 9.53 Å². The fourth-order valence-corrected chi connectivity index (χ4v) is 3.25. The van der Waals surface area contributed by atoms with Gasteiger partial charge >= 0.3 is 0 Å². The van der Waals surface area contributed by atoms with Gasteiger partial charge in [-0.2, -0.15) is 0 Å². The van der Waals surface area contributed by atoms with E-state index < -0.39 is 0 Å². The van der Waals surface area contributed by atoms with Crippen molar-refractivity contribution in [2.45, 2.75) is 51.4 Å². The van der Waals surface area contributed by atoms with Gasteiger partial charge in [0.25, 0.3) is 0 Å². The van der Waals surface area contributed by atoms with Crippen molar-refractivity contribution >= 4 is 5.91 Å². The third kappa shape index (κ3) is 6.59. The van der Waals surface area contributed by atoms with Gasteiger partial charge in [0.05, 0.1) is 12.2 Å². The molecule has 1 aromatic rings. The predicted molar refractivity (Wildman–Crippen MR) is 96.7 cm³/mol. The Hall–Kier alpha value is -1.43. The molecular weight excluding hydrogens is 302 g/mol. The number of carbonyl (C=O) groups is 1. The lowest BCUT2D eigenvalue weighted by molar-refractivity contribution is -0.121. The standard InChI is InChI=1S/C19H31N3O2/c1-15-13-22(14-16(2)24-15)11-7-6-10-21-19(23)12-18(20)17-8-4-3-5-9-17/h3-5,8-9,15-16,18H,6-7,10-14,20H2,1-2H3,(H,21,23). The number of morpholine rings is 1. The van der Waals surface area contributed by atoms with Crippen LogP contribution < -0.4 is 11.1 Å². The minimum Gasteiger partial charge on any atom is -0.373 e. The summed E-state index contributed by atoms with van der Waals surface area (Å²) in [6, 6.07) is 9.53. The number of unbranched alkanes of at least 4 members (excludes halogenated alkanes) is 1. The molecule has 0 saturated carbocycles. The SMILES string of the molecule is CC1CN(CCCCNC(=O)CC(N)c2ccccc2)CC(C)O1. The largest absolute Gasteiger partial charge is 0.373 e. The topological polar surface area (TPSA) is 67.6 Å². The molecule has 134 valence electrons. The fourth-order valence-electron chi connectivity index (χ4n) is 3.25. The number of benzene rings is 1. The molecule has 1 aliphatic heterocycles. The molecule has 2 rings (SSSR count). The van der Waals surface area contributed by atoms with E-state index in [1.165, 1.54) is 0 Å². The third-order valence-electron chi connectivity index (χ3n) is 4.35. The first kappa shape index (κ1) is 18.9. The van der Waals surface area contributed by atoms with Crippen LogP contribution >= 0.6 is 0 Å². The maximum absolute atomic E-state index is 12.0. The molecule has 5 nitrogen and oxygen atoms in total. The molecule has 0 aromatic heterocycles. The number of nitrogens with zero attached hydrogens (tertiary/aromatic N) is 1. The lowest BCUT2D eigenvalue weighted by atomic mass is 10.0. The van der Waals surface area contributed by atoms with Crippen LogP contribution in [0.4, 0.5) is 0 Å². The molecule has 0 spiro atoms. The van der Waals surface area contributed by atoms with Gasteiger partial charge in [0, 0.05) is 32.1 Å². The van der Waals surface area contributed by atoms with E-state index in [4.69, 9.17) is 10.5 Å². The van der Waals surface area contributed by atoms with E-state index in [1.807, 2.05) is 30.3 Å². The van der Waals surface area contributed by atoms with Crippen LogP contribution in [0.2, 0.25) is 0 Å². The Bertz CT molecular complexity index is 485. The molecule has 3 atom stereocenters. The summed E-state index contributed by atoms with van der Waals surface area (Å²) >= 11 is 0. The average molecular weight is 333 g/mol. The van der Waals surface area contributed by atoms with Crippen LogP contribution in [0.15, 0.2) is 30.3 Å². The maximum Gasteiger partial charge on any atom is 0.221 e. The second-order valence-electron chi connectivity index (χ2n) is 6.80. The summed E-state index contributed by atoms with van der Waals surface area (Å²) in [5, 5.41) is 2.98. The van der Waals surface area contributed by atoms with Gasteiger partial charge in [-0.3, -0.25) is 9.69 Å². The van der Waals surface area contributed by atoms with Crippen molar-refractivity contribution in [2.24, 2.45) is 5.73 Å². The van der Waals surface area contributed by atoms with Gasteiger partial charge in [-0.25, -0.2) is 0 Å². The molecule has 1 heterocycles. The summed E-state index contributed by atoms with van der Waals surface area (Å²) in [6.45, 7) is 8.04. The van der Waals surface area contributed by atoms with Crippen molar-refractivity contribution in [1.29, 1.82) is 0 Å². The van der Waals surface area contributed by atoms with E-state index in [9.17, 15) is 4.79 Å². The van der Waals surface area contributed by atoms with Crippen molar-refractivity contribution in [2.75, 3.05) is 26.2 Å². The van der Waals surface area contributed by atoms with Crippen molar-refractivity contribution in [3.63, 3.8) is 0 Å². The minimum absolute atomic E-state index is 0.0278. The smallest absolute Gasteiger partial charge is 0.221 e. The predicted octanol–water partition coefficient (Wildman–Crippen LogP) is 2.08. The molecule has 0 radical (unpaired) electrons. The molecule has 3 N–H and O–H groups in total. The second kappa shape index (κ2) is 9.77. The van der Waals surface area contributed by atoms with Crippen molar-refractivity contribution in [1.82, 2.24) is 10.2 Å². The monoisotopic (exact) mass is 333 g/mol. The molecule has 1 amide bonds. The fraction of sp³-hybridized carbons (Fsp3) is 0.632. The van der Waals surface area contributed by atoms with Crippen LogP contribution in [0, 0.1) is 0 Å². The lowest BCUT2D eigenvalue weighted by Crippen LogP contribution is -2.45. The average Bonchev–Trinajstić information content (AvgIpc) is 2.54. The number of hydrogen-bond acceptors (Lipinski definition) is 4. The zero-order valence-corrected chi connectivity index (χ0v) is 14.9. The Morgan fingerprint density at radius 2 is 1.92 bits per heavy atom. The van der Waals surface area contributed by atoms with Gasteiger partial charge in [0.2, 0.25) is 5.91 Å². The van der Waals surface area contributed by atoms with E-state index in [-0.39, 0.29) is 11.9 Å². The van der Waals surface area contributed by atoms with Crippen molar-refractivity contribution in [3.8, 4) is 0 Å². The van der Waals surface area contributed by atoms with Gasteiger partial charge in [0.1, 0.15) is 0 Å². The van der Waals surface area contributed by atoms with Crippen LogP contribution in [0.25, 0.3) is 0 Å². The number of hydrogen-bond donors (Lipinski definition) is 2. The number of rotatable bonds is 8. The molecule has 24 heavy (non-hydrogen) atoms. The quantitative estimate of drug-likeness (QED) is 0.715. The highest BCUT2D eigenvalue weighted by molar-refractivity contribution is 5.76. The van der Waals surface area contributed by atoms with Gasteiger partial charge < -0.3 is 15.8 Å². The first-order valence-corrected chi connectivity index (χ1v) is 8.99. The van der Waals surface area contributed by atoms with Gasteiger partial charge in [-0.15, -0.1) is 0 Å². The molecule has 1 fully saturated rings. The lowest BCUT2D eigenvalue weighted by Gasteiger charge is -2.35. The molecule has 5 heteroatoms. The van der Waals surface area contributed by atoms with E-state index in [2.05, 4.69) is 24.1 Å². The van der Waals surface area contributed by atoms with Gasteiger partial charge in [-0.05, 0) is 38.8 Å². The summed E-state index contributed by atoms with van der Waals surface area (Å²) in [6.07, 6.45) is 3.04. The molecule has 0 bridgehead atoms. The Morgan fingerprint density at radius 1 is 1.25 bits per heavy atom. The van der Waals surface area contributed by atoms with Crippen LogP contribution in [0.3, 0.4) is 0 Å². The van der Waals surface area contributed by atoms with Crippen LogP contribution in [-0.2, 0) is 9.53 Å². The first-order chi connectivity index (χ1) is 11.5. The maximum atomic E-state index is 12.0. The summed E-state index contributed by atoms with van der Waals surface area (Å²) in [5.41, 5.74) is 7.07. The van der Waals surface area contributed by atoms with Crippen LogP contribution in [0.1, 0.15) is 44.7 Å². The first-order valence-electron chi connectivity index (χ1n) is 8.99. The van der Waals surface area contributed by atoms with Crippen LogP contribution in [0.5, 0.6) is 0 Å². The van der Waals surface area contributed by atoms with E-state index in [0.717, 1.165) is 44.6 Å². The zero-order chi connectivity index (χ0) is 17.4. The number of carbonyl (C=O) groups excluding carboxylic acids is 1. The van der Waals surface area contributed by atoms with E-state index in [0.29, 0.717) is 18.6 Å². The number of nitrogens with one attached hydrogen (secondary N) is 1. The van der Waals surface area contributed by atoms with Crippen molar-refractivity contribution in [3.05, 3.63) is 35.9 Å². The molecular formula is C19H31N3O2. The minimum atomic E-state index is -0.234. The third-order valence-corrected chi connectivity index (χ3v) is 4.35. The summed E-state index contributed by atoms with van der Waals surface area (Å²) in [4.78, 5) is 14.4. The molecule has 1 aromatic carbocycles. The normalized spacial score (nSPS) is 23.0. The Balaban J connectivity index is 1.56. The van der Waals surface area contributed by atoms with Crippen LogP contribution in [-0.4, -0.2) is 49.2 Å². The Labute approximate surface area is 145 Å². The summed E-state index contributed by atoms with van der Waals surface area (Å²) in [7, 11) is 0. The highest BCUT2D eigenvalue weighted by Crippen LogP contribution is 2.13. The number of ether oxygens (including phenoxy) is 1. The highest BCUT2D eigenvalue weighted by atomic mass is 16.5. The van der Waals surface area contributed by atoms with E-state index >= 15 is 0 Å². The molecule has 3 unspecified atom stereocenters. The second-order valence-corrected chi connectivity index (χ2v) is 6.80. The number of amides is 1. The van der Waals surface area contributed by atoms with Gasteiger partial charge in [0.15, 0.2) is 0 Å². The van der Waals surface area contributed by atoms with Gasteiger partial charge in [-0.1, -0.05) is 30.3 Å². The Morgan fingerprint density at radius 3 is 2.58 bits per heavy atom. The van der Waals surface area contributed by atoms with E-state index in [1.54, 1.807) is 0 Å². The summed E-state index contributed by atoms with van der Waals surface area (Å²) in [5.74, 6) is 0.0278.